The van der Waals surface area contributed by atoms with Gasteiger partial charge in [-0.05, 0) is 6.42 Å². The number of halogens is 1. The van der Waals surface area contributed by atoms with Crippen molar-refractivity contribution in [2.45, 2.75) is 32.9 Å². The molecule has 0 aliphatic heterocycles. The third kappa shape index (κ3) is 3.28. The van der Waals surface area contributed by atoms with Crippen LogP contribution < -0.4 is 10.9 Å². The first-order chi connectivity index (χ1) is 9.22. The van der Waals surface area contributed by atoms with Gasteiger partial charge in [-0.15, -0.1) is 10.2 Å². The summed E-state index contributed by atoms with van der Waals surface area (Å²) >= 11 is 6.02. The van der Waals surface area contributed by atoms with Gasteiger partial charge in [0.2, 0.25) is 0 Å². The number of hydrogen-bond acceptors (Lipinski definition) is 6. The Bertz CT molecular complexity index is 580. The van der Waals surface area contributed by atoms with Crippen LogP contribution in [0.5, 0.6) is 0 Å². The molecule has 0 atom stereocenters. The lowest BCUT2D eigenvalue weighted by atomic mass is 10.3. The highest BCUT2D eigenvalue weighted by molar-refractivity contribution is 6.32. The molecule has 9 heteroatoms. The maximum Gasteiger partial charge on any atom is 0.287 e. The zero-order valence-electron chi connectivity index (χ0n) is 10.4. The summed E-state index contributed by atoms with van der Waals surface area (Å²) in [6.07, 6.45) is 3.40. The van der Waals surface area contributed by atoms with E-state index >= 15 is 0 Å². The molecular weight excluding hydrogens is 270 g/mol. The fourth-order valence-electron chi connectivity index (χ4n) is 1.49. The fraction of sp³-hybridized carbons (Fsp3) is 0.500. The van der Waals surface area contributed by atoms with Crippen LogP contribution in [0.15, 0.2) is 11.0 Å². The summed E-state index contributed by atoms with van der Waals surface area (Å²) < 4.78 is 1.37. The molecule has 2 rings (SSSR count). The van der Waals surface area contributed by atoms with Crippen LogP contribution in [0.25, 0.3) is 0 Å². The van der Waals surface area contributed by atoms with Gasteiger partial charge in [0.25, 0.3) is 5.56 Å². The number of tetrazole rings is 1. The van der Waals surface area contributed by atoms with Crippen LogP contribution in [-0.2, 0) is 13.1 Å². The number of anilines is 1. The SMILES string of the molecule is CCCCn1ncc(NCc2nn[nH]n2)c(Cl)c1=O. The van der Waals surface area contributed by atoms with Gasteiger partial charge in [0.1, 0.15) is 5.02 Å². The number of nitrogens with zero attached hydrogens (tertiary/aromatic N) is 5. The summed E-state index contributed by atoms with van der Waals surface area (Å²) in [4.78, 5) is 11.9. The molecule has 0 saturated carbocycles. The van der Waals surface area contributed by atoms with Crippen LogP contribution in [0.4, 0.5) is 5.69 Å². The molecule has 0 aliphatic rings. The van der Waals surface area contributed by atoms with Crippen LogP contribution in [0.3, 0.4) is 0 Å². The van der Waals surface area contributed by atoms with Gasteiger partial charge in [0, 0.05) is 6.54 Å². The third-order valence-electron chi connectivity index (χ3n) is 2.53. The first-order valence-electron chi connectivity index (χ1n) is 5.94. The maximum atomic E-state index is 11.9. The van der Waals surface area contributed by atoms with Crippen molar-refractivity contribution in [3.05, 3.63) is 27.4 Å². The highest BCUT2D eigenvalue weighted by Gasteiger charge is 2.09. The molecule has 0 aliphatic carbocycles. The lowest BCUT2D eigenvalue weighted by molar-refractivity contribution is 0.543. The summed E-state index contributed by atoms with van der Waals surface area (Å²) in [6.45, 7) is 2.93. The second-order valence-electron chi connectivity index (χ2n) is 3.94. The lowest BCUT2D eigenvalue weighted by Crippen LogP contribution is -2.24. The van der Waals surface area contributed by atoms with E-state index in [0.717, 1.165) is 12.8 Å². The van der Waals surface area contributed by atoms with Gasteiger partial charge in [0.05, 0.1) is 18.4 Å². The number of unbranched alkanes of at least 4 members (excludes halogenated alkanes) is 1. The lowest BCUT2D eigenvalue weighted by Gasteiger charge is -2.08. The molecule has 19 heavy (non-hydrogen) atoms. The molecule has 0 saturated heterocycles. The van der Waals surface area contributed by atoms with Crippen molar-refractivity contribution < 1.29 is 0 Å². The van der Waals surface area contributed by atoms with E-state index < -0.39 is 0 Å². The Balaban J connectivity index is 2.09. The average molecular weight is 284 g/mol. The molecule has 2 heterocycles. The molecule has 0 unspecified atom stereocenters. The Hall–Kier alpha value is -1.96. The van der Waals surface area contributed by atoms with Gasteiger partial charge >= 0.3 is 0 Å². The number of aryl methyl sites for hydroxylation is 1. The molecule has 0 bridgehead atoms. The van der Waals surface area contributed by atoms with E-state index in [1.165, 1.54) is 10.9 Å². The van der Waals surface area contributed by atoms with E-state index in [4.69, 9.17) is 11.6 Å². The zero-order valence-corrected chi connectivity index (χ0v) is 11.2. The predicted octanol–water partition coefficient (Wildman–Crippen LogP) is 0.822. The smallest absolute Gasteiger partial charge is 0.287 e. The molecule has 102 valence electrons. The molecule has 0 amide bonds. The van der Waals surface area contributed by atoms with Crippen LogP contribution in [0.1, 0.15) is 25.6 Å². The topological polar surface area (TPSA) is 101 Å². The van der Waals surface area contributed by atoms with Gasteiger partial charge in [-0.2, -0.15) is 10.3 Å². The molecular formula is C10H14ClN7O. The van der Waals surface area contributed by atoms with Gasteiger partial charge in [0.15, 0.2) is 5.82 Å². The maximum absolute atomic E-state index is 11.9. The second-order valence-corrected chi connectivity index (χ2v) is 4.31. The third-order valence-corrected chi connectivity index (χ3v) is 2.90. The summed E-state index contributed by atoms with van der Waals surface area (Å²) in [7, 11) is 0. The van der Waals surface area contributed by atoms with Crippen LogP contribution >= 0.6 is 11.6 Å². The van der Waals surface area contributed by atoms with Crippen LogP contribution in [0.2, 0.25) is 5.02 Å². The summed E-state index contributed by atoms with van der Waals surface area (Å²) in [5.74, 6) is 0.478. The molecule has 2 aromatic heterocycles. The van der Waals surface area contributed by atoms with Crippen molar-refractivity contribution in [3.8, 4) is 0 Å². The Labute approximate surface area is 114 Å². The summed E-state index contributed by atoms with van der Waals surface area (Å²) in [5, 5.41) is 20.5. The molecule has 8 nitrogen and oxygen atoms in total. The number of H-pyrrole nitrogens is 1. The van der Waals surface area contributed by atoms with E-state index in [1.54, 1.807) is 0 Å². The van der Waals surface area contributed by atoms with Crippen molar-refractivity contribution in [2.24, 2.45) is 0 Å². The van der Waals surface area contributed by atoms with Crippen molar-refractivity contribution >= 4 is 17.3 Å². The number of nitrogens with one attached hydrogen (secondary N) is 2. The number of aromatic nitrogens is 6. The quantitative estimate of drug-likeness (QED) is 0.814. The Kier molecular flexibility index (Phi) is 4.45. The highest BCUT2D eigenvalue weighted by atomic mass is 35.5. The largest absolute Gasteiger partial charge is 0.375 e. The second kappa shape index (κ2) is 6.28. The van der Waals surface area contributed by atoms with Crippen LogP contribution in [-0.4, -0.2) is 30.4 Å². The zero-order chi connectivity index (χ0) is 13.7. The molecule has 0 spiro atoms. The highest BCUT2D eigenvalue weighted by Crippen LogP contribution is 2.15. The van der Waals surface area contributed by atoms with E-state index in [1.807, 2.05) is 6.92 Å². The van der Waals surface area contributed by atoms with E-state index in [0.29, 0.717) is 24.6 Å². The molecule has 0 radical (unpaired) electrons. The predicted molar refractivity (Wildman–Crippen MR) is 69.9 cm³/mol. The Morgan fingerprint density at radius 3 is 3.05 bits per heavy atom. The Morgan fingerprint density at radius 1 is 1.53 bits per heavy atom. The monoisotopic (exact) mass is 283 g/mol. The number of hydrogen-bond donors (Lipinski definition) is 2. The van der Waals surface area contributed by atoms with Crippen molar-refractivity contribution in [1.82, 2.24) is 30.4 Å². The van der Waals surface area contributed by atoms with Crippen LogP contribution in [0, 0.1) is 0 Å². The summed E-state index contributed by atoms with van der Waals surface area (Å²) in [6, 6.07) is 0. The van der Waals surface area contributed by atoms with Gasteiger partial charge in [-0.3, -0.25) is 4.79 Å². The molecule has 0 fully saturated rings. The minimum atomic E-state index is -0.298. The van der Waals surface area contributed by atoms with Gasteiger partial charge in [-0.1, -0.05) is 30.2 Å². The van der Waals surface area contributed by atoms with Crippen molar-refractivity contribution in [2.75, 3.05) is 5.32 Å². The van der Waals surface area contributed by atoms with Gasteiger partial charge < -0.3 is 5.32 Å². The fourth-order valence-corrected chi connectivity index (χ4v) is 1.70. The first-order valence-corrected chi connectivity index (χ1v) is 6.32. The van der Waals surface area contributed by atoms with E-state index in [2.05, 4.69) is 31.0 Å². The van der Waals surface area contributed by atoms with Gasteiger partial charge in [-0.25, -0.2) is 4.68 Å². The minimum absolute atomic E-state index is 0.120. The Morgan fingerprint density at radius 2 is 2.37 bits per heavy atom. The summed E-state index contributed by atoms with van der Waals surface area (Å²) in [5.41, 5.74) is 0.164. The molecule has 0 aromatic carbocycles. The van der Waals surface area contributed by atoms with Crippen molar-refractivity contribution in [3.63, 3.8) is 0 Å². The van der Waals surface area contributed by atoms with Crippen molar-refractivity contribution in [1.29, 1.82) is 0 Å². The average Bonchev–Trinajstić information content (AvgIpc) is 2.92. The van der Waals surface area contributed by atoms with E-state index in [-0.39, 0.29) is 10.6 Å². The molecule has 2 N–H and O–H groups in total. The number of aromatic amines is 1. The minimum Gasteiger partial charge on any atom is -0.375 e. The molecule has 2 aromatic rings. The normalized spacial score (nSPS) is 10.6. The first kappa shape index (κ1) is 13.5. The number of rotatable bonds is 6. The van der Waals surface area contributed by atoms with E-state index in [9.17, 15) is 4.79 Å². The standard InChI is InChI=1S/C10H14ClN7O/c1-2-3-4-18-10(19)9(11)7(5-13-18)12-6-8-14-16-17-15-8/h5,12H,2-4,6H2,1H3,(H,14,15,16,17).